The number of hydrogen-bond donors (Lipinski definition) is 0. The lowest BCUT2D eigenvalue weighted by Crippen LogP contribution is -2.41. The maximum atomic E-state index is 12.7. The van der Waals surface area contributed by atoms with Gasteiger partial charge in [-0.05, 0) is 68.1 Å². The molecule has 2 rings (SSSR count). The molecule has 1 aliphatic rings. The third kappa shape index (κ3) is 5.01. The molecule has 0 aliphatic heterocycles. The molecule has 1 fully saturated rings. The average molecular weight is 413 g/mol. The number of halogens is 1. The van der Waals surface area contributed by atoms with Crippen LogP contribution in [0.4, 0.5) is 16.2 Å². The van der Waals surface area contributed by atoms with Crippen LogP contribution in [-0.4, -0.2) is 28.9 Å². The number of carbonyl (C=O) groups excluding carboxylic acids is 2. The molecule has 7 nitrogen and oxygen atoms in total. The van der Waals surface area contributed by atoms with Crippen LogP contribution in [0.1, 0.15) is 39.2 Å². The van der Waals surface area contributed by atoms with E-state index in [0.29, 0.717) is 10.0 Å². The summed E-state index contributed by atoms with van der Waals surface area (Å²) in [4.78, 5) is 36.9. The first-order chi connectivity index (χ1) is 11.5. The number of nitrogens with zero attached hydrogens (tertiary/aromatic N) is 2. The van der Waals surface area contributed by atoms with Gasteiger partial charge in [-0.1, -0.05) is 0 Å². The van der Waals surface area contributed by atoms with Crippen LogP contribution in [0.5, 0.6) is 0 Å². The van der Waals surface area contributed by atoms with Crippen molar-refractivity contribution in [1.82, 2.24) is 0 Å². The Morgan fingerprint density at radius 2 is 1.96 bits per heavy atom. The summed E-state index contributed by atoms with van der Waals surface area (Å²) in [5.41, 5.74) is -0.329. The fraction of sp³-hybridized carbons (Fsp3) is 0.529. The summed E-state index contributed by atoms with van der Waals surface area (Å²) in [6, 6.07) is 3.04. The third-order valence-electron chi connectivity index (χ3n) is 3.61. The van der Waals surface area contributed by atoms with E-state index < -0.39 is 16.6 Å². The molecule has 136 valence electrons. The van der Waals surface area contributed by atoms with Crippen molar-refractivity contribution >= 4 is 39.2 Å². The largest absolute Gasteiger partial charge is 0.443 e. The highest BCUT2D eigenvalue weighted by molar-refractivity contribution is 9.10. The molecule has 25 heavy (non-hydrogen) atoms. The summed E-state index contributed by atoms with van der Waals surface area (Å²) in [6.07, 6.45) is 0.796. The zero-order chi connectivity index (χ0) is 18.9. The van der Waals surface area contributed by atoms with E-state index in [1.54, 1.807) is 33.8 Å². The molecule has 8 heteroatoms. The molecule has 0 radical (unpaired) electrons. The van der Waals surface area contributed by atoms with Gasteiger partial charge in [-0.3, -0.25) is 19.8 Å². The van der Waals surface area contributed by atoms with E-state index >= 15 is 0 Å². The molecule has 0 bridgehead atoms. The number of nitro benzene ring substituents is 1. The summed E-state index contributed by atoms with van der Waals surface area (Å²) >= 11 is 3.29. The first-order valence-corrected chi connectivity index (χ1v) is 8.76. The number of carbonyl (C=O) groups is 2. The standard InChI is InChI=1S/C17H21BrN2O5/c1-10-7-12(18)15(13(8-10)20(23)24)19(9-14(21)11-5-6-11)16(22)25-17(2,3)4/h7-8,11H,5-6,9H2,1-4H3. The van der Waals surface area contributed by atoms with Gasteiger partial charge in [0.15, 0.2) is 5.78 Å². The van der Waals surface area contributed by atoms with Crippen LogP contribution in [0.3, 0.4) is 0 Å². The molecule has 1 saturated carbocycles. The minimum atomic E-state index is -0.788. The van der Waals surface area contributed by atoms with Gasteiger partial charge in [0.05, 0.1) is 11.5 Å². The first-order valence-electron chi connectivity index (χ1n) is 7.97. The van der Waals surface area contributed by atoms with Crippen LogP contribution in [0.25, 0.3) is 0 Å². The summed E-state index contributed by atoms with van der Waals surface area (Å²) in [5, 5.41) is 11.5. The topological polar surface area (TPSA) is 89.8 Å². The molecule has 0 saturated heterocycles. The Bertz CT molecular complexity index is 722. The molecule has 0 unspecified atom stereocenters. The second-order valence-electron chi connectivity index (χ2n) is 7.18. The van der Waals surface area contributed by atoms with Gasteiger partial charge in [-0.2, -0.15) is 0 Å². The molecule has 1 aliphatic carbocycles. The number of amides is 1. The van der Waals surface area contributed by atoms with Crippen molar-refractivity contribution in [3.05, 3.63) is 32.3 Å². The Morgan fingerprint density at radius 1 is 1.36 bits per heavy atom. The summed E-state index contributed by atoms with van der Waals surface area (Å²) in [6.45, 7) is 6.57. The summed E-state index contributed by atoms with van der Waals surface area (Å²) in [7, 11) is 0. The maximum Gasteiger partial charge on any atom is 0.415 e. The lowest BCUT2D eigenvalue weighted by Gasteiger charge is -2.27. The Balaban J connectivity index is 2.49. The Morgan fingerprint density at radius 3 is 2.44 bits per heavy atom. The fourth-order valence-electron chi connectivity index (χ4n) is 2.36. The summed E-state index contributed by atoms with van der Waals surface area (Å²) < 4.78 is 5.74. The monoisotopic (exact) mass is 412 g/mol. The van der Waals surface area contributed by atoms with Gasteiger partial charge in [0.25, 0.3) is 5.69 Å². The lowest BCUT2D eigenvalue weighted by atomic mass is 10.1. The van der Waals surface area contributed by atoms with E-state index in [9.17, 15) is 19.7 Å². The lowest BCUT2D eigenvalue weighted by molar-refractivity contribution is -0.384. The quantitative estimate of drug-likeness (QED) is 0.528. The van der Waals surface area contributed by atoms with Gasteiger partial charge in [0.2, 0.25) is 0 Å². The maximum absolute atomic E-state index is 12.7. The number of Topliss-reactive ketones (excluding diaryl/α,β-unsaturated/α-hetero) is 1. The molecular weight excluding hydrogens is 392 g/mol. The number of anilines is 1. The van der Waals surface area contributed by atoms with E-state index in [0.717, 1.165) is 17.7 Å². The Labute approximate surface area is 154 Å². The predicted octanol–water partition coefficient (Wildman–Crippen LogP) is 4.39. The number of rotatable bonds is 5. The summed E-state index contributed by atoms with van der Waals surface area (Å²) in [5.74, 6) is -0.194. The molecule has 0 spiro atoms. The van der Waals surface area contributed by atoms with Crippen molar-refractivity contribution in [2.45, 2.75) is 46.1 Å². The highest BCUT2D eigenvalue weighted by Gasteiger charge is 2.36. The van der Waals surface area contributed by atoms with Crippen molar-refractivity contribution in [3.8, 4) is 0 Å². The number of benzene rings is 1. The van der Waals surface area contributed by atoms with E-state index in [1.807, 2.05) is 0 Å². The second-order valence-corrected chi connectivity index (χ2v) is 8.03. The fourth-order valence-corrected chi connectivity index (χ4v) is 3.14. The number of nitro groups is 1. The van der Waals surface area contributed by atoms with Crippen LogP contribution < -0.4 is 4.90 Å². The molecule has 1 aromatic carbocycles. The number of aryl methyl sites for hydroxylation is 1. The highest BCUT2D eigenvalue weighted by atomic mass is 79.9. The molecular formula is C17H21BrN2O5. The number of ether oxygens (including phenoxy) is 1. The van der Waals surface area contributed by atoms with Gasteiger partial charge < -0.3 is 4.74 Å². The van der Waals surface area contributed by atoms with E-state index in [-0.39, 0.29) is 29.6 Å². The minimum absolute atomic E-state index is 0.0406. The highest BCUT2D eigenvalue weighted by Crippen LogP contribution is 2.39. The van der Waals surface area contributed by atoms with Gasteiger partial charge in [0, 0.05) is 16.5 Å². The Hall–Kier alpha value is -1.96. The SMILES string of the molecule is Cc1cc(Br)c(N(CC(=O)C2CC2)C(=O)OC(C)(C)C)c([N+](=O)[O-])c1. The normalized spacial score (nSPS) is 14.1. The first kappa shape index (κ1) is 19.4. The van der Waals surface area contributed by atoms with Crippen LogP contribution in [0.15, 0.2) is 16.6 Å². The van der Waals surface area contributed by atoms with Gasteiger partial charge in [-0.15, -0.1) is 0 Å². The van der Waals surface area contributed by atoms with Crippen molar-refractivity contribution in [2.75, 3.05) is 11.4 Å². The molecule has 0 aromatic heterocycles. The van der Waals surface area contributed by atoms with Crippen LogP contribution in [0.2, 0.25) is 0 Å². The van der Waals surface area contributed by atoms with E-state index in [4.69, 9.17) is 4.74 Å². The van der Waals surface area contributed by atoms with Crippen LogP contribution in [-0.2, 0) is 9.53 Å². The molecule has 1 amide bonds. The molecule has 0 N–H and O–H groups in total. The second kappa shape index (κ2) is 7.11. The van der Waals surface area contributed by atoms with Gasteiger partial charge >= 0.3 is 6.09 Å². The van der Waals surface area contributed by atoms with E-state index in [1.165, 1.54) is 6.07 Å². The van der Waals surface area contributed by atoms with Gasteiger partial charge in [0.1, 0.15) is 11.3 Å². The smallest absolute Gasteiger partial charge is 0.415 e. The van der Waals surface area contributed by atoms with Crippen molar-refractivity contribution in [1.29, 1.82) is 0 Å². The average Bonchev–Trinajstić information content (AvgIpc) is 3.26. The zero-order valence-corrected chi connectivity index (χ0v) is 16.3. The van der Waals surface area contributed by atoms with Crippen molar-refractivity contribution in [2.24, 2.45) is 5.92 Å². The molecule has 0 heterocycles. The van der Waals surface area contributed by atoms with Crippen molar-refractivity contribution in [3.63, 3.8) is 0 Å². The van der Waals surface area contributed by atoms with Crippen LogP contribution >= 0.6 is 15.9 Å². The number of ketones is 1. The van der Waals surface area contributed by atoms with Crippen molar-refractivity contribution < 1.29 is 19.2 Å². The number of hydrogen-bond acceptors (Lipinski definition) is 5. The molecule has 0 atom stereocenters. The van der Waals surface area contributed by atoms with Crippen LogP contribution in [0, 0.1) is 23.0 Å². The predicted molar refractivity (Wildman–Crippen MR) is 96.8 cm³/mol. The zero-order valence-electron chi connectivity index (χ0n) is 14.7. The van der Waals surface area contributed by atoms with E-state index in [2.05, 4.69) is 15.9 Å². The minimum Gasteiger partial charge on any atom is -0.443 e. The molecule has 1 aromatic rings. The van der Waals surface area contributed by atoms with Gasteiger partial charge in [-0.25, -0.2) is 4.79 Å². The Kier molecular flexibility index (Phi) is 5.51. The third-order valence-corrected chi connectivity index (χ3v) is 4.22.